The molecule has 1 fully saturated rings. The van der Waals surface area contributed by atoms with Crippen LogP contribution in [0.2, 0.25) is 0 Å². The van der Waals surface area contributed by atoms with Gasteiger partial charge in [0.2, 0.25) is 5.91 Å². The van der Waals surface area contributed by atoms with E-state index < -0.39 is 18.6 Å². The summed E-state index contributed by atoms with van der Waals surface area (Å²) in [6.45, 7) is -1.97. The number of likely N-dealkylation sites (tertiary alicyclic amines) is 1. The summed E-state index contributed by atoms with van der Waals surface area (Å²) in [5, 5.41) is 11.8. The van der Waals surface area contributed by atoms with Crippen LogP contribution in [-0.2, 0) is 16.0 Å². The van der Waals surface area contributed by atoms with Crippen LogP contribution in [0, 0.1) is 0 Å². The van der Waals surface area contributed by atoms with Crippen LogP contribution in [0.1, 0.15) is 18.4 Å². The van der Waals surface area contributed by atoms with Gasteiger partial charge in [0.05, 0.1) is 13.7 Å². The summed E-state index contributed by atoms with van der Waals surface area (Å²) >= 11 is 0. The molecule has 26 heavy (non-hydrogen) atoms. The number of carbonyl (C=O) groups excluding carboxylic acids is 1. The highest BCUT2D eigenvalue weighted by atomic mass is 19.3. The van der Waals surface area contributed by atoms with E-state index in [9.17, 15) is 18.4 Å². The predicted octanol–water partition coefficient (Wildman–Crippen LogP) is 1.50. The van der Waals surface area contributed by atoms with Crippen molar-refractivity contribution in [2.75, 3.05) is 26.7 Å². The molecule has 0 aliphatic carbocycles. The second-order valence-electron chi connectivity index (χ2n) is 5.93. The van der Waals surface area contributed by atoms with E-state index in [0.717, 1.165) is 12.0 Å². The van der Waals surface area contributed by atoms with E-state index in [1.54, 1.807) is 17.0 Å². The van der Waals surface area contributed by atoms with Gasteiger partial charge in [0.15, 0.2) is 11.5 Å². The van der Waals surface area contributed by atoms with Crippen molar-refractivity contribution in [3.05, 3.63) is 23.8 Å². The minimum atomic E-state index is -2.94. The number of methoxy groups -OCH3 is 1. The van der Waals surface area contributed by atoms with Crippen molar-refractivity contribution in [2.45, 2.75) is 31.9 Å². The van der Waals surface area contributed by atoms with Gasteiger partial charge in [-0.1, -0.05) is 6.07 Å². The average molecular weight is 372 g/mol. The van der Waals surface area contributed by atoms with Crippen LogP contribution in [0.4, 0.5) is 8.78 Å². The number of nitrogens with zero attached hydrogens (tertiary/aromatic N) is 1. The Labute approximate surface area is 149 Å². The lowest BCUT2D eigenvalue weighted by Gasteiger charge is -2.20. The molecule has 7 nitrogen and oxygen atoms in total. The molecule has 1 amide bonds. The zero-order valence-electron chi connectivity index (χ0n) is 14.4. The Hall–Kier alpha value is -2.42. The Morgan fingerprint density at radius 2 is 2.15 bits per heavy atom. The largest absolute Gasteiger partial charge is 0.493 e. The molecule has 1 aliphatic heterocycles. The molecule has 0 aromatic heterocycles. The van der Waals surface area contributed by atoms with Crippen molar-refractivity contribution in [2.24, 2.45) is 0 Å². The monoisotopic (exact) mass is 372 g/mol. The van der Waals surface area contributed by atoms with Crippen LogP contribution < -0.4 is 14.8 Å². The van der Waals surface area contributed by atoms with Crippen molar-refractivity contribution in [3.63, 3.8) is 0 Å². The third-order valence-corrected chi connectivity index (χ3v) is 4.18. The van der Waals surface area contributed by atoms with Crippen LogP contribution in [-0.4, -0.2) is 61.3 Å². The van der Waals surface area contributed by atoms with Crippen molar-refractivity contribution in [3.8, 4) is 11.5 Å². The first kappa shape index (κ1) is 19.9. The molecule has 0 saturated carbocycles. The molecule has 0 bridgehead atoms. The fraction of sp³-hybridized carbons (Fsp3) is 0.529. The highest BCUT2D eigenvalue weighted by Gasteiger charge is 2.31. The van der Waals surface area contributed by atoms with Gasteiger partial charge in [0, 0.05) is 6.54 Å². The maximum absolute atomic E-state index is 12.3. The van der Waals surface area contributed by atoms with Gasteiger partial charge < -0.3 is 19.9 Å². The fourth-order valence-electron chi connectivity index (χ4n) is 2.94. The fourth-order valence-corrected chi connectivity index (χ4v) is 2.94. The quantitative estimate of drug-likeness (QED) is 0.683. The minimum Gasteiger partial charge on any atom is -0.493 e. The van der Waals surface area contributed by atoms with E-state index in [4.69, 9.17) is 9.84 Å². The number of hydrogen-bond acceptors (Lipinski definition) is 5. The van der Waals surface area contributed by atoms with Gasteiger partial charge in [-0.2, -0.15) is 8.78 Å². The first-order chi connectivity index (χ1) is 12.4. The first-order valence-corrected chi connectivity index (χ1v) is 8.26. The number of alkyl halides is 2. The van der Waals surface area contributed by atoms with Crippen LogP contribution in [0.25, 0.3) is 0 Å². The van der Waals surface area contributed by atoms with E-state index in [0.29, 0.717) is 25.9 Å². The van der Waals surface area contributed by atoms with E-state index >= 15 is 0 Å². The van der Waals surface area contributed by atoms with Gasteiger partial charge >= 0.3 is 12.6 Å². The Bertz CT molecular complexity index is 642. The van der Waals surface area contributed by atoms with Gasteiger partial charge in [-0.25, -0.2) is 0 Å². The maximum Gasteiger partial charge on any atom is 0.387 e. The lowest BCUT2D eigenvalue weighted by Crippen LogP contribution is -2.43. The minimum absolute atomic E-state index is 0.0431. The summed E-state index contributed by atoms with van der Waals surface area (Å²) in [5.41, 5.74) is 0.786. The molecule has 1 heterocycles. The molecule has 9 heteroatoms. The van der Waals surface area contributed by atoms with Crippen molar-refractivity contribution < 1.29 is 33.0 Å². The Morgan fingerprint density at radius 3 is 2.81 bits per heavy atom. The number of aliphatic carboxylic acids is 1. The highest BCUT2D eigenvalue weighted by molar-refractivity contribution is 5.80. The number of halogens is 2. The topological polar surface area (TPSA) is 88.1 Å². The molecule has 1 saturated heterocycles. The standard InChI is InChI=1S/C17H22F2N2O5/c1-25-14-9-11(4-5-13(14)26-17(18)19)6-7-20-15(22)10-21-8-2-3-12(21)16(23)24/h4-5,9,12,17H,2-3,6-8,10H2,1H3,(H,20,22)(H,23,24)/t12-/m1/s1. The zero-order chi connectivity index (χ0) is 19.1. The summed E-state index contributed by atoms with van der Waals surface area (Å²) in [5.74, 6) is -1.02. The summed E-state index contributed by atoms with van der Waals surface area (Å²) in [7, 11) is 1.36. The van der Waals surface area contributed by atoms with Crippen molar-refractivity contribution >= 4 is 11.9 Å². The summed E-state index contributed by atoms with van der Waals surface area (Å²) in [6, 6.07) is 3.98. The molecule has 1 aromatic carbocycles. The van der Waals surface area contributed by atoms with Crippen molar-refractivity contribution in [1.29, 1.82) is 0 Å². The molecule has 0 radical (unpaired) electrons. The maximum atomic E-state index is 12.3. The van der Waals surface area contributed by atoms with Crippen LogP contribution in [0.3, 0.4) is 0 Å². The van der Waals surface area contributed by atoms with Crippen LogP contribution in [0.15, 0.2) is 18.2 Å². The van der Waals surface area contributed by atoms with Gasteiger partial charge in [0.25, 0.3) is 0 Å². The number of ether oxygens (including phenoxy) is 2. The van der Waals surface area contributed by atoms with Gasteiger partial charge in [-0.15, -0.1) is 0 Å². The molecular formula is C17H22F2N2O5. The number of carboxylic acids is 1. The summed E-state index contributed by atoms with van der Waals surface area (Å²) in [4.78, 5) is 24.7. The highest BCUT2D eigenvalue weighted by Crippen LogP contribution is 2.29. The van der Waals surface area contributed by atoms with E-state index in [1.165, 1.54) is 13.2 Å². The predicted molar refractivity (Wildman–Crippen MR) is 88.6 cm³/mol. The lowest BCUT2D eigenvalue weighted by atomic mass is 10.1. The molecule has 1 aliphatic rings. The number of benzene rings is 1. The molecule has 0 spiro atoms. The number of nitrogens with one attached hydrogen (secondary N) is 1. The molecule has 2 rings (SSSR count). The zero-order valence-corrected chi connectivity index (χ0v) is 14.4. The number of carbonyl (C=O) groups is 2. The molecule has 2 N–H and O–H groups in total. The van der Waals surface area contributed by atoms with Crippen molar-refractivity contribution in [1.82, 2.24) is 10.2 Å². The van der Waals surface area contributed by atoms with Crippen LogP contribution in [0.5, 0.6) is 11.5 Å². The average Bonchev–Trinajstić information content (AvgIpc) is 3.04. The number of hydrogen-bond donors (Lipinski definition) is 2. The number of rotatable bonds is 9. The smallest absolute Gasteiger partial charge is 0.387 e. The van der Waals surface area contributed by atoms with E-state index in [2.05, 4.69) is 10.1 Å². The van der Waals surface area contributed by atoms with Gasteiger partial charge in [-0.3, -0.25) is 14.5 Å². The number of amides is 1. The molecule has 0 unspecified atom stereocenters. The third-order valence-electron chi connectivity index (χ3n) is 4.18. The lowest BCUT2D eigenvalue weighted by molar-refractivity contribution is -0.142. The molecule has 1 aromatic rings. The van der Waals surface area contributed by atoms with Crippen LogP contribution >= 0.6 is 0 Å². The van der Waals surface area contributed by atoms with Gasteiger partial charge in [0.1, 0.15) is 6.04 Å². The summed E-state index contributed by atoms with van der Waals surface area (Å²) in [6.07, 6.45) is 1.78. The SMILES string of the molecule is COc1cc(CCNC(=O)CN2CCC[C@@H]2C(=O)O)ccc1OC(F)F. The Balaban J connectivity index is 1.81. The van der Waals surface area contributed by atoms with E-state index in [-0.39, 0.29) is 24.0 Å². The molecule has 144 valence electrons. The summed E-state index contributed by atoms with van der Waals surface area (Å²) < 4.78 is 34.0. The van der Waals surface area contributed by atoms with Gasteiger partial charge in [-0.05, 0) is 43.5 Å². The first-order valence-electron chi connectivity index (χ1n) is 8.26. The van der Waals surface area contributed by atoms with E-state index in [1.807, 2.05) is 0 Å². The normalized spacial score (nSPS) is 17.3. The second-order valence-corrected chi connectivity index (χ2v) is 5.93. The number of carboxylic acid groups (broad SMARTS) is 1. The Kier molecular flexibility index (Phi) is 7.14. The molecule has 1 atom stereocenters. The second kappa shape index (κ2) is 9.33. The Morgan fingerprint density at radius 1 is 1.38 bits per heavy atom. The molecular weight excluding hydrogens is 350 g/mol. The third kappa shape index (κ3) is 5.55.